The van der Waals surface area contributed by atoms with Crippen molar-refractivity contribution in [2.24, 2.45) is 13.0 Å². The van der Waals surface area contributed by atoms with E-state index in [9.17, 15) is 5.11 Å². The highest BCUT2D eigenvalue weighted by atomic mass is 19.1. The minimum atomic E-state index is -1.09. The van der Waals surface area contributed by atoms with Crippen LogP contribution in [0.25, 0.3) is 33.2 Å². The van der Waals surface area contributed by atoms with Gasteiger partial charge in [0.2, 0.25) is 0 Å². The summed E-state index contributed by atoms with van der Waals surface area (Å²) in [5.74, 6) is -0.0919. The molecule has 0 aliphatic carbocycles. The van der Waals surface area contributed by atoms with E-state index in [0.717, 1.165) is 29.3 Å². The lowest BCUT2D eigenvalue weighted by Gasteiger charge is -2.33. The van der Waals surface area contributed by atoms with E-state index >= 15 is 4.39 Å². The molecule has 0 amide bonds. The Balaban J connectivity index is 1.74. The highest BCUT2D eigenvalue weighted by Gasteiger charge is 2.32. The predicted molar refractivity (Wildman–Crippen MR) is 145 cm³/mol. The largest absolute Gasteiger partial charge is 0.386 e. The number of benzene rings is 2. The smallest absolute Gasteiger partial charge is 0.156 e. The van der Waals surface area contributed by atoms with Crippen molar-refractivity contribution < 1.29 is 14.2 Å². The topological polar surface area (TPSA) is 78.0 Å². The van der Waals surface area contributed by atoms with Crippen LogP contribution in [0.1, 0.15) is 49.6 Å². The van der Waals surface area contributed by atoms with Gasteiger partial charge in [0.25, 0.3) is 0 Å². The summed E-state index contributed by atoms with van der Waals surface area (Å²) in [6, 6.07) is 15.9. The molecule has 38 heavy (non-hydrogen) atoms. The number of pyridine rings is 1. The number of ether oxygens (including phenoxy) is 1. The van der Waals surface area contributed by atoms with Crippen LogP contribution in [-0.2, 0) is 17.4 Å². The number of nitrogens with zero attached hydrogens (tertiary/aromatic N) is 5. The van der Waals surface area contributed by atoms with Gasteiger partial charge in [-0.05, 0) is 63.3 Å². The Morgan fingerprint density at radius 3 is 2.50 bits per heavy atom. The second-order valence-corrected chi connectivity index (χ2v) is 10.8. The summed E-state index contributed by atoms with van der Waals surface area (Å²) in [6.07, 6.45) is 3.43. The number of hydrogen-bond donors (Lipinski definition) is 1. The fourth-order valence-corrected chi connectivity index (χ4v) is 5.91. The maximum Gasteiger partial charge on any atom is 0.156 e. The molecule has 5 aromatic rings. The molecule has 1 atom stereocenters. The number of halogens is 1. The molecular weight excluding hydrogens is 481 g/mol. The number of aromatic nitrogens is 5. The molecule has 6 rings (SSSR count). The second-order valence-electron chi connectivity index (χ2n) is 10.8. The van der Waals surface area contributed by atoms with Gasteiger partial charge in [-0.25, -0.2) is 9.07 Å². The maximum atomic E-state index is 16.9. The van der Waals surface area contributed by atoms with Gasteiger partial charge in [-0.15, -0.1) is 5.10 Å². The van der Waals surface area contributed by atoms with Crippen LogP contribution in [0, 0.1) is 18.7 Å². The third-order valence-electron chi connectivity index (χ3n) is 7.83. The molecule has 8 heteroatoms. The fourth-order valence-electron chi connectivity index (χ4n) is 5.91. The van der Waals surface area contributed by atoms with Gasteiger partial charge in [0.1, 0.15) is 0 Å². The highest BCUT2D eigenvalue weighted by molar-refractivity contribution is 6.07. The van der Waals surface area contributed by atoms with Crippen LogP contribution in [-0.4, -0.2) is 42.9 Å². The van der Waals surface area contributed by atoms with Crippen LogP contribution in [0.2, 0.25) is 0 Å². The summed E-state index contributed by atoms with van der Waals surface area (Å²) in [4.78, 5) is 4.78. The molecule has 3 aromatic heterocycles. The number of hydrogen-bond acceptors (Lipinski definition) is 5. The van der Waals surface area contributed by atoms with E-state index in [1.807, 2.05) is 37.3 Å². The lowest BCUT2D eigenvalue weighted by atomic mass is 9.86. The van der Waals surface area contributed by atoms with Crippen LogP contribution >= 0.6 is 0 Å². The summed E-state index contributed by atoms with van der Waals surface area (Å²) in [6.45, 7) is 6.67. The van der Waals surface area contributed by atoms with Crippen molar-refractivity contribution in [1.29, 1.82) is 0 Å². The van der Waals surface area contributed by atoms with Crippen LogP contribution in [0.15, 0.2) is 54.7 Å². The van der Waals surface area contributed by atoms with Crippen LogP contribution < -0.4 is 0 Å². The van der Waals surface area contributed by atoms with E-state index in [2.05, 4.69) is 27.0 Å². The van der Waals surface area contributed by atoms with Crippen molar-refractivity contribution in [2.45, 2.75) is 45.3 Å². The lowest BCUT2D eigenvalue weighted by Crippen LogP contribution is -2.27. The normalized spacial score (nSPS) is 15.9. The molecule has 1 aliphatic heterocycles. The molecule has 1 fully saturated rings. The van der Waals surface area contributed by atoms with Gasteiger partial charge >= 0.3 is 0 Å². The molecule has 0 bridgehead atoms. The summed E-state index contributed by atoms with van der Waals surface area (Å²) in [5, 5.41) is 19.9. The molecular formula is C30H32FN5O2. The first-order valence-corrected chi connectivity index (χ1v) is 13.1. The van der Waals surface area contributed by atoms with Crippen molar-refractivity contribution in [2.75, 3.05) is 13.2 Å². The van der Waals surface area contributed by atoms with Crippen molar-refractivity contribution in [3.63, 3.8) is 0 Å². The van der Waals surface area contributed by atoms with Crippen molar-refractivity contribution in [3.8, 4) is 11.3 Å². The van der Waals surface area contributed by atoms with Gasteiger partial charge in [-0.1, -0.05) is 35.5 Å². The molecule has 1 saturated heterocycles. The van der Waals surface area contributed by atoms with Crippen LogP contribution in [0.5, 0.6) is 0 Å². The molecule has 2 aromatic carbocycles. The Morgan fingerprint density at radius 2 is 1.84 bits per heavy atom. The van der Waals surface area contributed by atoms with Crippen molar-refractivity contribution in [1.82, 2.24) is 24.5 Å². The third-order valence-corrected chi connectivity index (χ3v) is 7.83. The van der Waals surface area contributed by atoms with E-state index in [4.69, 9.17) is 9.72 Å². The van der Waals surface area contributed by atoms with E-state index in [-0.39, 0.29) is 17.8 Å². The Hall–Kier alpha value is -3.62. The van der Waals surface area contributed by atoms with Gasteiger partial charge in [0.15, 0.2) is 5.82 Å². The second kappa shape index (κ2) is 9.29. The minimum Gasteiger partial charge on any atom is -0.386 e. The number of aliphatic hydroxyl groups is 1. The Morgan fingerprint density at radius 1 is 1.11 bits per heavy atom. The Bertz CT molecular complexity index is 1610. The molecule has 1 aliphatic rings. The minimum absolute atomic E-state index is 0.144. The first kappa shape index (κ1) is 24.7. The first-order chi connectivity index (χ1) is 18.3. The summed E-state index contributed by atoms with van der Waals surface area (Å²) in [7, 11) is 1.78. The lowest BCUT2D eigenvalue weighted by molar-refractivity contribution is 0.0552. The zero-order valence-electron chi connectivity index (χ0n) is 22.1. The average Bonchev–Trinajstić information content (AvgIpc) is 3.42. The predicted octanol–water partition coefficient (Wildman–Crippen LogP) is 5.68. The first-order valence-electron chi connectivity index (χ1n) is 13.1. The van der Waals surface area contributed by atoms with E-state index < -0.39 is 5.60 Å². The van der Waals surface area contributed by atoms with Gasteiger partial charge < -0.3 is 14.4 Å². The quantitative estimate of drug-likeness (QED) is 0.327. The monoisotopic (exact) mass is 513 g/mol. The molecule has 0 saturated carbocycles. The Labute approximate surface area is 220 Å². The van der Waals surface area contributed by atoms with Gasteiger partial charge in [0, 0.05) is 43.0 Å². The molecule has 1 unspecified atom stereocenters. The van der Waals surface area contributed by atoms with E-state index in [1.54, 1.807) is 37.8 Å². The third kappa shape index (κ3) is 3.99. The van der Waals surface area contributed by atoms with Gasteiger partial charge in [-0.2, -0.15) is 0 Å². The zero-order chi connectivity index (χ0) is 26.6. The molecule has 0 spiro atoms. The highest BCUT2D eigenvalue weighted by Crippen LogP contribution is 2.43. The molecule has 0 radical (unpaired) electrons. The van der Waals surface area contributed by atoms with E-state index in [0.29, 0.717) is 46.8 Å². The van der Waals surface area contributed by atoms with Crippen LogP contribution in [0.3, 0.4) is 0 Å². The SMILES string of the molecule is Cc1nnn(C)c1-c1ccc2c3ncc(C(C)(C)O)cc3n(C(c3ccccc3)C3CCOCC3)c2c1F. The maximum absolute atomic E-state index is 16.9. The average molecular weight is 514 g/mol. The molecule has 4 heterocycles. The van der Waals surface area contributed by atoms with Crippen molar-refractivity contribution >= 4 is 21.9 Å². The van der Waals surface area contributed by atoms with Gasteiger partial charge in [-0.3, -0.25) is 4.98 Å². The molecule has 1 N–H and O–H groups in total. The van der Waals surface area contributed by atoms with Crippen molar-refractivity contribution in [3.05, 3.63) is 77.4 Å². The van der Waals surface area contributed by atoms with Crippen LogP contribution in [0.4, 0.5) is 4.39 Å². The molecule has 7 nitrogen and oxygen atoms in total. The standard InChI is InChI=1S/C30H32FN5O2/c1-18-27(35(4)34-33-18)22-10-11-23-26-24(16-21(17-32-26)30(2,3)37)36(29(23)25(22)31)28(19-8-6-5-7-9-19)20-12-14-38-15-13-20/h5-11,16-17,20,28,37H,12-15H2,1-4H3. The van der Waals surface area contributed by atoms with E-state index in [1.165, 1.54) is 0 Å². The summed E-state index contributed by atoms with van der Waals surface area (Å²) in [5.41, 5.74) is 4.47. The summed E-state index contributed by atoms with van der Waals surface area (Å²) < 4.78 is 26.3. The zero-order valence-corrected chi connectivity index (χ0v) is 22.1. The van der Waals surface area contributed by atoms with Gasteiger partial charge in [0.05, 0.1) is 39.6 Å². The molecule has 196 valence electrons. The number of aryl methyl sites for hydroxylation is 2. The Kier molecular flexibility index (Phi) is 6.04. The summed E-state index contributed by atoms with van der Waals surface area (Å²) >= 11 is 0. The fraction of sp³-hybridized carbons (Fsp3) is 0.367. The number of fused-ring (bicyclic) bond motifs is 3. The number of rotatable bonds is 5.